The number of azide groups is 1. The Hall–Kier alpha value is -3.06. The Kier molecular flexibility index (Phi) is 6.79. The molecule has 0 radical (unpaired) electrons. The van der Waals surface area contributed by atoms with Gasteiger partial charge in [-0.1, -0.05) is 59.7 Å². The van der Waals surface area contributed by atoms with Crippen molar-refractivity contribution in [3.63, 3.8) is 0 Å². The molecule has 0 heterocycles. The fourth-order valence-electron chi connectivity index (χ4n) is 2.16. The van der Waals surface area contributed by atoms with Gasteiger partial charge in [0.1, 0.15) is 18.8 Å². The second-order valence-electron chi connectivity index (χ2n) is 5.20. The van der Waals surface area contributed by atoms with Crippen molar-refractivity contribution in [2.45, 2.75) is 18.8 Å². The number of nitrogens with zero attached hydrogens (tertiary/aromatic N) is 3. The minimum Gasteiger partial charge on any atom is -0.445 e. The summed E-state index contributed by atoms with van der Waals surface area (Å²) in [6.45, 7) is -0.121. The summed E-state index contributed by atoms with van der Waals surface area (Å²) in [5, 5.41) is 26.1. The van der Waals surface area contributed by atoms with Gasteiger partial charge in [-0.15, -0.1) is 0 Å². The number of carbonyl (C=O) groups excluding carboxylic acids is 1. The standard InChI is InChI=1S/C17H18N4O4/c18-21-20-14-9-5-4-8-13(14)16(23)15(22)10-19-17(24)25-11-12-6-2-1-3-7-12/h1-9,15-16,22-23H,10-11H2,(H,19,24). The summed E-state index contributed by atoms with van der Waals surface area (Å²) in [5.41, 5.74) is 9.85. The summed E-state index contributed by atoms with van der Waals surface area (Å²) in [4.78, 5) is 14.3. The van der Waals surface area contributed by atoms with Crippen LogP contribution in [0.4, 0.5) is 10.5 Å². The number of rotatable bonds is 7. The van der Waals surface area contributed by atoms with E-state index in [0.717, 1.165) is 5.56 Å². The van der Waals surface area contributed by atoms with Crippen molar-refractivity contribution in [1.82, 2.24) is 5.32 Å². The minimum absolute atomic E-state index is 0.102. The second-order valence-corrected chi connectivity index (χ2v) is 5.20. The van der Waals surface area contributed by atoms with Crippen molar-refractivity contribution in [3.8, 4) is 0 Å². The third-order valence-corrected chi connectivity index (χ3v) is 3.44. The highest BCUT2D eigenvalue weighted by Gasteiger charge is 2.21. The molecule has 0 aliphatic carbocycles. The van der Waals surface area contributed by atoms with Crippen molar-refractivity contribution >= 4 is 11.8 Å². The van der Waals surface area contributed by atoms with Crippen LogP contribution in [0.1, 0.15) is 17.2 Å². The van der Waals surface area contributed by atoms with Crippen LogP contribution in [0.5, 0.6) is 0 Å². The Bertz CT molecular complexity index is 747. The van der Waals surface area contributed by atoms with Crippen molar-refractivity contribution in [2.75, 3.05) is 6.54 Å². The summed E-state index contributed by atoms with van der Waals surface area (Å²) < 4.78 is 5.02. The molecule has 130 valence electrons. The molecule has 0 aromatic heterocycles. The number of carbonyl (C=O) groups is 1. The Balaban J connectivity index is 1.86. The summed E-state index contributed by atoms with van der Waals surface area (Å²) in [5.74, 6) is 0. The highest BCUT2D eigenvalue weighted by Crippen LogP contribution is 2.27. The summed E-state index contributed by atoms with van der Waals surface area (Å²) in [6, 6.07) is 15.5. The van der Waals surface area contributed by atoms with Gasteiger partial charge < -0.3 is 20.3 Å². The lowest BCUT2D eigenvalue weighted by molar-refractivity contribution is 0.0187. The molecule has 3 N–H and O–H groups in total. The van der Waals surface area contributed by atoms with E-state index in [2.05, 4.69) is 15.3 Å². The van der Waals surface area contributed by atoms with Crippen LogP contribution in [0.25, 0.3) is 10.4 Å². The van der Waals surface area contributed by atoms with Crippen molar-refractivity contribution in [1.29, 1.82) is 0 Å². The molecule has 0 saturated heterocycles. The van der Waals surface area contributed by atoms with Crippen LogP contribution in [0.3, 0.4) is 0 Å². The van der Waals surface area contributed by atoms with Gasteiger partial charge in [0.2, 0.25) is 0 Å². The number of ether oxygens (including phenoxy) is 1. The molecule has 1 amide bonds. The quantitative estimate of drug-likeness (QED) is 0.406. The van der Waals surface area contributed by atoms with Gasteiger partial charge in [0.15, 0.2) is 0 Å². The van der Waals surface area contributed by atoms with Crippen LogP contribution in [-0.2, 0) is 11.3 Å². The largest absolute Gasteiger partial charge is 0.445 e. The first-order valence-corrected chi connectivity index (χ1v) is 7.56. The predicted octanol–water partition coefficient (Wildman–Crippen LogP) is 2.95. The molecule has 2 aromatic carbocycles. The number of hydrogen-bond donors (Lipinski definition) is 3. The lowest BCUT2D eigenvalue weighted by Gasteiger charge is -2.20. The smallest absolute Gasteiger partial charge is 0.407 e. The molecular formula is C17H18N4O4. The normalized spacial score (nSPS) is 12.6. The highest BCUT2D eigenvalue weighted by atomic mass is 16.5. The Morgan fingerprint density at radius 3 is 2.56 bits per heavy atom. The number of aliphatic hydroxyl groups is 2. The van der Waals surface area contributed by atoms with E-state index in [9.17, 15) is 15.0 Å². The van der Waals surface area contributed by atoms with Crippen LogP contribution in [0.2, 0.25) is 0 Å². The highest BCUT2D eigenvalue weighted by molar-refractivity contribution is 5.67. The van der Waals surface area contributed by atoms with E-state index in [0.29, 0.717) is 0 Å². The lowest BCUT2D eigenvalue weighted by Crippen LogP contribution is -2.35. The molecule has 0 spiro atoms. The fraction of sp³-hybridized carbons (Fsp3) is 0.235. The number of aliphatic hydroxyl groups excluding tert-OH is 2. The first-order valence-electron chi connectivity index (χ1n) is 7.56. The molecule has 0 saturated carbocycles. The monoisotopic (exact) mass is 342 g/mol. The second kappa shape index (κ2) is 9.29. The molecule has 0 aliphatic rings. The van der Waals surface area contributed by atoms with Gasteiger partial charge in [-0.05, 0) is 16.7 Å². The molecule has 0 aliphatic heterocycles. The molecule has 8 heteroatoms. The zero-order chi connectivity index (χ0) is 18.1. The van der Waals surface area contributed by atoms with Crippen LogP contribution in [0.15, 0.2) is 59.7 Å². The number of amides is 1. The first kappa shape index (κ1) is 18.3. The molecule has 0 fully saturated rings. The molecular weight excluding hydrogens is 324 g/mol. The Morgan fingerprint density at radius 1 is 1.16 bits per heavy atom. The van der Waals surface area contributed by atoms with Crippen molar-refractivity contribution in [3.05, 3.63) is 76.2 Å². The summed E-state index contributed by atoms with van der Waals surface area (Å²) in [7, 11) is 0. The zero-order valence-corrected chi connectivity index (χ0v) is 13.3. The molecule has 2 atom stereocenters. The molecule has 2 rings (SSSR count). The topological polar surface area (TPSA) is 128 Å². The van der Waals surface area contributed by atoms with Gasteiger partial charge in [-0.25, -0.2) is 4.79 Å². The third kappa shape index (κ3) is 5.50. The molecule has 0 bridgehead atoms. The fourth-order valence-corrected chi connectivity index (χ4v) is 2.16. The van der Waals surface area contributed by atoms with E-state index in [1.165, 1.54) is 12.1 Å². The van der Waals surface area contributed by atoms with E-state index in [4.69, 9.17) is 10.3 Å². The molecule has 2 unspecified atom stereocenters. The Morgan fingerprint density at radius 2 is 1.84 bits per heavy atom. The van der Waals surface area contributed by atoms with Gasteiger partial charge in [0.25, 0.3) is 0 Å². The van der Waals surface area contributed by atoms with E-state index in [1.54, 1.807) is 12.1 Å². The minimum atomic E-state index is -1.32. The first-order chi connectivity index (χ1) is 12.1. The third-order valence-electron chi connectivity index (χ3n) is 3.44. The van der Waals surface area contributed by atoms with Gasteiger partial charge in [-0.2, -0.15) is 0 Å². The van der Waals surface area contributed by atoms with Crippen LogP contribution < -0.4 is 5.32 Å². The van der Waals surface area contributed by atoms with Crippen LogP contribution >= 0.6 is 0 Å². The van der Waals surface area contributed by atoms with Gasteiger partial charge in [0.05, 0.1) is 0 Å². The number of nitrogens with one attached hydrogen (secondary N) is 1. The van der Waals surface area contributed by atoms with Crippen molar-refractivity contribution in [2.24, 2.45) is 5.11 Å². The van der Waals surface area contributed by atoms with Crippen LogP contribution in [-0.4, -0.2) is 29.0 Å². The van der Waals surface area contributed by atoms with Crippen LogP contribution in [0, 0.1) is 0 Å². The van der Waals surface area contributed by atoms with Gasteiger partial charge in [-0.3, -0.25) is 0 Å². The lowest BCUT2D eigenvalue weighted by atomic mass is 10.0. The average Bonchev–Trinajstić information content (AvgIpc) is 2.65. The van der Waals surface area contributed by atoms with Crippen molar-refractivity contribution < 1.29 is 19.7 Å². The van der Waals surface area contributed by atoms with E-state index >= 15 is 0 Å². The number of alkyl carbamates (subject to hydrolysis) is 1. The molecule has 8 nitrogen and oxygen atoms in total. The van der Waals surface area contributed by atoms with E-state index in [-0.39, 0.29) is 24.4 Å². The summed E-state index contributed by atoms with van der Waals surface area (Å²) >= 11 is 0. The van der Waals surface area contributed by atoms with E-state index in [1.807, 2.05) is 30.3 Å². The predicted molar refractivity (Wildman–Crippen MR) is 90.8 cm³/mol. The number of hydrogen-bond acceptors (Lipinski definition) is 5. The molecule has 25 heavy (non-hydrogen) atoms. The van der Waals surface area contributed by atoms with E-state index < -0.39 is 18.3 Å². The van der Waals surface area contributed by atoms with Gasteiger partial charge >= 0.3 is 6.09 Å². The SMILES string of the molecule is [N-]=[N+]=Nc1ccccc1C(O)C(O)CNC(=O)OCc1ccccc1. The summed E-state index contributed by atoms with van der Waals surface area (Å²) in [6.07, 6.45) is -3.33. The maximum atomic E-state index is 11.7. The van der Waals surface area contributed by atoms with Gasteiger partial charge in [0, 0.05) is 17.1 Å². The molecule has 2 aromatic rings. The average molecular weight is 342 g/mol. The number of benzene rings is 2. The maximum absolute atomic E-state index is 11.7. The zero-order valence-electron chi connectivity index (χ0n) is 13.3. The maximum Gasteiger partial charge on any atom is 0.407 e. The Labute approximate surface area is 144 Å².